The fourth-order valence-electron chi connectivity index (χ4n) is 1.73. The molecule has 0 aliphatic carbocycles. The van der Waals surface area contributed by atoms with Gasteiger partial charge in [0.05, 0.1) is 24.2 Å². The van der Waals surface area contributed by atoms with Crippen molar-refractivity contribution < 1.29 is 29.3 Å². The summed E-state index contributed by atoms with van der Waals surface area (Å²) in [5, 5.41) is 17.4. The van der Waals surface area contributed by atoms with Gasteiger partial charge in [-0.2, -0.15) is 0 Å². The molecule has 0 fully saturated rings. The molecule has 0 amide bonds. The summed E-state index contributed by atoms with van der Waals surface area (Å²) in [6.45, 7) is 6.93. The minimum Gasteiger partial charge on any atom is -0.481 e. The zero-order valence-corrected chi connectivity index (χ0v) is 11.4. The summed E-state index contributed by atoms with van der Waals surface area (Å²) in [4.78, 5) is 21.2. The summed E-state index contributed by atoms with van der Waals surface area (Å²) >= 11 is 0. The Hall–Kier alpha value is -1.14. The zero-order chi connectivity index (χ0) is 14.4. The van der Waals surface area contributed by atoms with Gasteiger partial charge in [0, 0.05) is 0 Å². The molecule has 2 N–H and O–H groups in total. The molecule has 0 spiro atoms. The summed E-state index contributed by atoms with van der Waals surface area (Å²) in [5.74, 6) is -1.90. The van der Waals surface area contributed by atoms with Crippen LogP contribution in [0.3, 0.4) is 0 Å². The molecule has 0 aliphatic heterocycles. The van der Waals surface area contributed by atoms with Gasteiger partial charge in [0.1, 0.15) is 6.61 Å². The van der Waals surface area contributed by atoms with E-state index in [2.05, 4.69) is 0 Å². The van der Waals surface area contributed by atoms with Crippen LogP contribution in [0.1, 0.15) is 34.1 Å². The van der Waals surface area contributed by atoms with Crippen molar-refractivity contribution in [2.75, 3.05) is 19.8 Å². The van der Waals surface area contributed by atoms with E-state index in [0.717, 1.165) is 0 Å². The number of hydrogen-bond donors (Lipinski definition) is 2. The molecule has 0 aromatic rings. The highest BCUT2D eigenvalue weighted by molar-refractivity contribution is 5.73. The molecule has 106 valence electrons. The largest absolute Gasteiger partial charge is 0.481 e. The third-order valence-electron chi connectivity index (χ3n) is 2.39. The maximum atomic E-state index is 11.0. The lowest BCUT2D eigenvalue weighted by Gasteiger charge is -2.32. The summed E-state index contributed by atoms with van der Waals surface area (Å²) in [6.07, 6.45) is 0.355. The molecule has 6 nitrogen and oxygen atoms in total. The lowest BCUT2D eigenvalue weighted by molar-refractivity contribution is -0.153. The van der Waals surface area contributed by atoms with Crippen LogP contribution in [0.25, 0.3) is 0 Å². The van der Waals surface area contributed by atoms with E-state index in [0.29, 0.717) is 6.42 Å². The fourth-order valence-corrected chi connectivity index (χ4v) is 1.73. The minimum atomic E-state index is -1.03. The first kappa shape index (κ1) is 16.9. The minimum absolute atomic E-state index is 0.170. The van der Waals surface area contributed by atoms with Gasteiger partial charge in [-0.15, -0.1) is 0 Å². The predicted octanol–water partition coefficient (Wildman–Crippen LogP) is 1.38. The summed E-state index contributed by atoms with van der Waals surface area (Å²) in [6, 6.07) is 0. The molecule has 0 saturated heterocycles. The van der Waals surface area contributed by atoms with Gasteiger partial charge in [-0.25, -0.2) is 4.79 Å². The van der Waals surface area contributed by atoms with Crippen LogP contribution >= 0.6 is 0 Å². The van der Waals surface area contributed by atoms with E-state index in [1.165, 1.54) is 0 Å². The Kier molecular flexibility index (Phi) is 6.28. The van der Waals surface area contributed by atoms with Gasteiger partial charge in [0.15, 0.2) is 0 Å². The predicted molar refractivity (Wildman–Crippen MR) is 64.5 cm³/mol. The highest BCUT2D eigenvalue weighted by Crippen LogP contribution is 2.30. The number of rotatable bonds is 9. The van der Waals surface area contributed by atoms with Crippen molar-refractivity contribution in [1.29, 1.82) is 0 Å². The highest BCUT2D eigenvalue weighted by atomic mass is 16.5. The number of carboxylic acid groups (broad SMARTS) is 2. The third kappa shape index (κ3) is 7.24. The molecule has 0 unspecified atom stereocenters. The van der Waals surface area contributed by atoms with Gasteiger partial charge in [-0.05, 0) is 34.1 Å². The first-order chi connectivity index (χ1) is 8.07. The molecule has 0 bridgehead atoms. The molecule has 0 rings (SSSR count). The topological polar surface area (TPSA) is 93.1 Å². The molecule has 0 atom stereocenters. The lowest BCUT2D eigenvalue weighted by Crippen LogP contribution is -2.36. The first-order valence-electron chi connectivity index (χ1n) is 5.74. The van der Waals surface area contributed by atoms with E-state index in [-0.39, 0.29) is 19.8 Å². The molecule has 0 saturated carbocycles. The van der Waals surface area contributed by atoms with Gasteiger partial charge < -0.3 is 19.7 Å². The molecular formula is C12H22O6. The number of carbonyl (C=O) groups is 2. The average Bonchev–Trinajstić information content (AvgIpc) is 2.14. The molecule has 0 aromatic heterocycles. The van der Waals surface area contributed by atoms with Gasteiger partial charge >= 0.3 is 11.9 Å². The summed E-state index contributed by atoms with van der Waals surface area (Å²) in [7, 11) is 0. The lowest BCUT2D eigenvalue weighted by atomic mass is 9.82. The molecule has 6 heteroatoms. The van der Waals surface area contributed by atoms with Crippen molar-refractivity contribution in [3.63, 3.8) is 0 Å². The van der Waals surface area contributed by atoms with E-state index in [1.807, 2.05) is 0 Å². The smallest absolute Gasteiger partial charge is 0.329 e. The van der Waals surface area contributed by atoms with Crippen LogP contribution in [-0.2, 0) is 19.1 Å². The van der Waals surface area contributed by atoms with E-state index in [1.54, 1.807) is 27.7 Å². The number of carboxylic acids is 2. The molecule has 0 heterocycles. The van der Waals surface area contributed by atoms with Crippen LogP contribution in [0.15, 0.2) is 0 Å². The maximum Gasteiger partial charge on any atom is 0.329 e. The summed E-state index contributed by atoms with van der Waals surface area (Å²) in [5.41, 5.74) is -1.47. The molecule has 0 aliphatic rings. The van der Waals surface area contributed by atoms with Crippen molar-refractivity contribution in [2.24, 2.45) is 5.41 Å². The Morgan fingerprint density at radius 1 is 1.06 bits per heavy atom. The average molecular weight is 262 g/mol. The Balaban J connectivity index is 4.01. The van der Waals surface area contributed by atoms with Crippen LogP contribution in [0, 0.1) is 5.41 Å². The zero-order valence-electron chi connectivity index (χ0n) is 11.4. The molecular weight excluding hydrogens is 240 g/mol. The van der Waals surface area contributed by atoms with Crippen LogP contribution < -0.4 is 0 Å². The van der Waals surface area contributed by atoms with Crippen LogP contribution in [0.5, 0.6) is 0 Å². The number of aliphatic carboxylic acids is 2. The normalized spacial score (nSPS) is 12.4. The van der Waals surface area contributed by atoms with Crippen molar-refractivity contribution in [3.05, 3.63) is 0 Å². The van der Waals surface area contributed by atoms with Crippen molar-refractivity contribution in [1.82, 2.24) is 0 Å². The second-order valence-electron chi connectivity index (χ2n) is 5.42. The van der Waals surface area contributed by atoms with Crippen molar-refractivity contribution in [2.45, 2.75) is 39.7 Å². The Bertz CT molecular complexity index is 295. The van der Waals surface area contributed by atoms with Gasteiger partial charge in [0.25, 0.3) is 0 Å². The van der Waals surface area contributed by atoms with Gasteiger partial charge in [-0.3, -0.25) is 4.79 Å². The molecule has 0 radical (unpaired) electrons. The van der Waals surface area contributed by atoms with Crippen molar-refractivity contribution in [3.8, 4) is 0 Å². The van der Waals surface area contributed by atoms with E-state index < -0.39 is 23.0 Å². The summed E-state index contributed by atoms with van der Waals surface area (Å²) < 4.78 is 10.3. The first-order valence-corrected chi connectivity index (χ1v) is 5.74. The standard InChI is InChI=1S/C12H22O6/c1-11(2,10(15)16)8-12(3,4)18-6-5-17-7-9(13)14/h5-8H2,1-4H3,(H,13,14)(H,15,16). The van der Waals surface area contributed by atoms with Gasteiger partial charge in [0.2, 0.25) is 0 Å². The number of hydrogen-bond acceptors (Lipinski definition) is 4. The molecule has 18 heavy (non-hydrogen) atoms. The second kappa shape index (κ2) is 6.70. The van der Waals surface area contributed by atoms with Crippen LogP contribution in [0.2, 0.25) is 0 Å². The maximum absolute atomic E-state index is 11.0. The third-order valence-corrected chi connectivity index (χ3v) is 2.39. The second-order valence-corrected chi connectivity index (χ2v) is 5.42. The van der Waals surface area contributed by atoms with Crippen LogP contribution in [0.4, 0.5) is 0 Å². The Labute approximate surface area is 107 Å². The van der Waals surface area contributed by atoms with E-state index in [9.17, 15) is 9.59 Å². The Morgan fingerprint density at radius 2 is 1.61 bits per heavy atom. The molecule has 0 aromatic carbocycles. The monoisotopic (exact) mass is 262 g/mol. The van der Waals surface area contributed by atoms with Crippen molar-refractivity contribution >= 4 is 11.9 Å². The highest BCUT2D eigenvalue weighted by Gasteiger charge is 2.35. The van der Waals surface area contributed by atoms with E-state index in [4.69, 9.17) is 19.7 Å². The Morgan fingerprint density at radius 3 is 2.06 bits per heavy atom. The van der Waals surface area contributed by atoms with E-state index >= 15 is 0 Å². The van der Waals surface area contributed by atoms with Gasteiger partial charge in [-0.1, -0.05) is 0 Å². The number of ether oxygens (including phenoxy) is 2. The van der Waals surface area contributed by atoms with Crippen LogP contribution in [-0.4, -0.2) is 47.6 Å². The fraction of sp³-hybridized carbons (Fsp3) is 0.833. The quantitative estimate of drug-likeness (QED) is 0.610. The SMILES string of the molecule is CC(C)(CC(C)(C)C(=O)O)OCCOCC(=O)O.